The number of carbonyl (C=O) groups excluding carboxylic acids is 1. The van der Waals surface area contributed by atoms with Crippen LogP contribution in [0.2, 0.25) is 0 Å². The maximum atomic E-state index is 13.9. The Bertz CT molecular complexity index is 1420. The van der Waals surface area contributed by atoms with E-state index in [1.54, 1.807) is 24.0 Å². The number of hydrogen-bond acceptors (Lipinski definition) is 3. The Morgan fingerprint density at radius 2 is 1.82 bits per heavy atom. The lowest BCUT2D eigenvalue weighted by atomic mass is 9.93. The summed E-state index contributed by atoms with van der Waals surface area (Å²) in [5.41, 5.74) is 3.59. The predicted octanol–water partition coefficient (Wildman–Crippen LogP) is 4.95. The Labute approximate surface area is 187 Å². The number of amides is 1. The molecule has 2 aliphatic rings. The van der Waals surface area contributed by atoms with Crippen molar-refractivity contribution in [1.82, 2.24) is 19.7 Å². The third-order valence-corrected chi connectivity index (χ3v) is 6.79. The van der Waals surface area contributed by atoms with Gasteiger partial charge in [-0.2, -0.15) is 5.10 Å². The highest BCUT2D eigenvalue weighted by molar-refractivity contribution is 6.06. The predicted molar refractivity (Wildman–Crippen MR) is 116 cm³/mol. The minimum absolute atomic E-state index is 0.0629. The highest BCUT2D eigenvalue weighted by Crippen LogP contribution is 2.47. The lowest BCUT2D eigenvalue weighted by molar-refractivity contribution is 0.0644. The van der Waals surface area contributed by atoms with Gasteiger partial charge < -0.3 is 4.90 Å². The Morgan fingerprint density at radius 1 is 1.06 bits per heavy atom. The molecule has 0 radical (unpaired) electrons. The summed E-state index contributed by atoms with van der Waals surface area (Å²) < 4.78 is 43.0. The molecule has 0 spiro atoms. The van der Waals surface area contributed by atoms with E-state index in [-0.39, 0.29) is 23.6 Å². The molecule has 4 aromatic rings. The number of pyridine rings is 1. The van der Waals surface area contributed by atoms with Gasteiger partial charge in [0.1, 0.15) is 0 Å². The summed E-state index contributed by atoms with van der Waals surface area (Å²) in [6.45, 7) is 0. The van der Waals surface area contributed by atoms with Crippen molar-refractivity contribution in [3.05, 3.63) is 82.9 Å². The molecule has 1 saturated heterocycles. The first-order valence-electron chi connectivity index (χ1n) is 10.8. The fourth-order valence-electron chi connectivity index (χ4n) is 5.42. The molecule has 2 bridgehead atoms. The van der Waals surface area contributed by atoms with E-state index in [1.165, 1.54) is 0 Å². The average molecular weight is 448 g/mol. The zero-order valence-corrected chi connectivity index (χ0v) is 17.7. The van der Waals surface area contributed by atoms with Crippen LogP contribution in [0.5, 0.6) is 0 Å². The number of nitrogens with zero attached hydrogens (tertiary/aromatic N) is 4. The Kier molecular flexibility index (Phi) is 4.33. The summed E-state index contributed by atoms with van der Waals surface area (Å²) >= 11 is 0. The number of benzene rings is 2. The summed E-state index contributed by atoms with van der Waals surface area (Å²) in [6, 6.07) is 11.0. The highest BCUT2D eigenvalue weighted by Gasteiger charge is 2.46. The minimum Gasteiger partial charge on any atom is -0.327 e. The molecule has 2 aliphatic heterocycles. The van der Waals surface area contributed by atoms with Crippen LogP contribution in [0.15, 0.2) is 48.7 Å². The van der Waals surface area contributed by atoms with E-state index in [9.17, 15) is 18.0 Å². The second-order valence-electron chi connectivity index (χ2n) is 8.63. The van der Waals surface area contributed by atoms with Crippen molar-refractivity contribution in [3.8, 4) is 11.3 Å². The third-order valence-electron chi connectivity index (χ3n) is 6.79. The maximum Gasteiger partial charge on any atom is 0.256 e. The van der Waals surface area contributed by atoms with Gasteiger partial charge in [0.15, 0.2) is 17.5 Å². The normalized spacial score (nSPS) is 19.2. The van der Waals surface area contributed by atoms with Gasteiger partial charge in [-0.15, -0.1) is 0 Å². The van der Waals surface area contributed by atoms with Crippen LogP contribution in [0.3, 0.4) is 0 Å². The van der Waals surface area contributed by atoms with Crippen molar-refractivity contribution in [2.24, 2.45) is 7.05 Å². The Morgan fingerprint density at radius 3 is 2.61 bits per heavy atom. The molecule has 0 unspecified atom stereocenters. The molecule has 2 aromatic heterocycles. The largest absolute Gasteiger partial charge is 0.327 e. The molecular formula is C25H19F3N4O. The summed E-state index contributed by atoms with van der Waals surface area (Å²) in [6.07, 6.45) is 3.75. The summed E-state index contributed by atoms with van der Waals surface area (Å²) in [5, 5.41) is 5.54. The molecule has 0 saturated carbocycles. The summed E-state index contributed by atoms with van der Waals surface area (Å²) in [4.78, 5) is 20.0. The van der Waals surface area contributed by atoms with Crippen LogP contribution in [-0.2, 0) is 13.5 Å². The van der Waals surface area contributed by atoms with Crippen molar-refractivity contribution in [1.29, 1.82) is 0 Å². The van der Waals surface area contributed by atoms with E-state index < -0.39 is 17.5 Å². The first-order chi connectivity index (χ1) is 15.9. The van der Waals surface area contributed by atoms with Gasteiger partial charge in [0.2, 0.25) is 0 Å². The standard InChI is InChI=1S/C25H19F3N4O/c1-31-24(14-10-18(26)21(28)19(27)11-14)17-12-15-7-8-20(23(17)30-31)32(15)25(33)16-6-2-4-13-5-3-9-29-22(13)16/h2-6,9-11,15,20H,7-8,12H2,1H3/t15-,20+/m1/s1. The maximum absolute atomic E-state index is 13.9. The van der Waals surface area contributed by atoms with Crippen LogP contribution >= 0.6 is 0 Å². The van der Waals surface area contributed by atoms with Gasteiger partial charge in [-0.3, -0.25) is 14.5 Å². The molecule has 5 nitrogen and oxygen atoms in total. The van der Waals surface area contributed by atoms with Crippen LogP contribution in [0.25, 0.3) is 22.2 Å². The SMILES string of the molecule is Cn1nc2c(c1-c1cc(F)c(F)c(F)c1)C[C@H]1CC[C@@H]2N1C(=O)c1cccc2cccnc12. The number of hydrogen-bond donors (Lipinski definition) is 0. The average Bonchev–Trinajstić information content (AvgIpc) is 3.32. The molecule has 0 aliphatic carbocycles. The molecule has 33 heavy (non-hydrogen) atoms. The molecule has 1 amide bonds. The molecule has 6 rings (SSSR count). The quantitative estimate of drug-likeness (QED) is 0.408. The first kappa shape index (κ1) is 20.0. The highest BCUT2D eigenvalue weighted by atomic mass is 19.2. The molecule has 2 atom stereocenters. The second-order valence-corrected chi connectivity index (χ2v) is 8.63. The van der Waals surface area contributed by atoms with E-state index >= 15 is 0 Å². The van der Waals surface area contributed by atoms with Crippen molar-refractivity contribution >= 4 is 16.8 Å². The van der Waals surface area contributed by atoms with Crippen molar-refractivity contribution in [2.45, 2.75) is 31.3 Å². The number of aryl methyl sites for hydroxylation is 1. The summed E-state index contributed by atoms with van der Waals surface area (Å²) in [7, 11) is 1.70. The van der Waals surface area contributed by atoms with Gasteiger partial charge in [-0.1, -0.05) is 18.2 Å². The van der Waals surface area contributed by atoms with Crippen LogP contribution < -0.4 is 0 Å². The van der Waals surface area contributed by atoms with E-state index in [4.69, 9.17) is 0 Å². The van der Waals surface area contributed by atoms with Crippen LogP contribution in [0.4, 0.5) is 13.2 Å². The van der Waals surface area contributed by atoms with Crippen LogP contribution in [-0.4, -0.2) is 31.6 Å². The van der Waals surface area contributed by atoms with Crippen LogP contribution in [0.1, 0.15) is 40.5 Å². The van der Waals surface area contributed by atoms with Gasteiger partial charge in [0.25, 0.3) is 5.91 Å². The number of halogens is 3. The van der Waals surface area contributed by atoms with E-state index in [0.29, 0.717) is 23.2 Å². The minimum atomic E-state index is -1.49. The zero-order valence-electron chi connectivity index (χ0n) is 17.7. The van der Waals surface area contributed by atoms with E-state index in [2.05, 4.69) is 10.1 Å². The fraction of sp³-hybridized carbons (Fsp3) is 0.240. The fourth-order valence-corrected chi connectivity index (χ4v) is 5.42. The zero-order chi connectivity index (χ0) is 22.9. The third kappa shape index (κ3) is 2.90. The smallest absolute Gasteiger partial charge is 0.256 e. The van der Waals surface area contributed by atoms with Gasteiger partial charge in [0.05, 0.1) is 28.5 Å². The van der Waals surface area contributed by atoms with Crippen LogP contribution in [0, 0.1) is 17.5 Å². The Hall–Kier alpha value is -3.68. The van der Waals surface area contributed by atoms with Crippen molar-refractivity contribution in [3.63, 3.8) is 0 Å². The van der Waals surface area contributed by atoms with Crippen molar-refractivity contribution < 1.29 is 18.0 Å². The lowest BCUT2D eigenvalue weighted by Crippen LogP contribution is -2.42. The summed E-state index contributed by atoms with van der Waals surface area (Å²) in [5.74, 6) is -4.06. The number of fused-ring (bicyclic) bond motifs is 5. The van der Waals surface area contributed by atoms with E-state index in [0.717, 1.165) is 41.6 Å². The molecule has 4 heterocycles. The topological polar surface area (TPSA) is 51.0 Å². The molecule has 2 aromatic carbocycles. The first-order valence-corrected chi connectivity index (χ1v) is 10.8. The number of rotatable bonds is 2. The molecule has 0 N–H and O–H groups in total. The lowest BCUT2D eigenvalue weighted by Gasteiger charge is -2.34. The molecule has 1 fully saturated rings. The van der Waals surface area contributed by atoms with Gasteiger partial charge in [-0.25, -0.2) is 13.2 Å². The number of aromatic nitrogens is 3. The van der Waals surface area contributed by atoms with Crippen molar-refractivity contribution in [2.75, 3.05) is 0 Å². The Balaban J connectivity index is 1.44. The number of para-hydroxylation sites is 1. The van der Waals surface area contributed by atoms with Gasteiger partial charge in [0, 0.05) is 35.8 Å². The van der Waals surface area contributed by atoms with E-state index in [1.807, 2.05) is 29.2 Å². The monoisotopic (exact) mass is 448 g/mol. The van der Waals surface area contributed by atoms with Gasteiger partial charge in [-0.05, 0) is 43.5 Å². The number of carbonyl (C=O) groups is 1. The molecule has 166 valence electrons. The molecule has 8 heteroatoms. The second kappa shape index (κ2) is 7.16. The van der Waals surface area contributed by atoms with Gasteiger partial charge >= 0.3 is 0 Å². The molecular weight excluding hydrogens is 429 g/mol.